The molecular formula is C24H21N3O3. The highest BCUT2D eigenvalue weighted by atomic mass is 16.3. The highest BCUT2D eigenvalue weighted by molar-refractivity contribution is 6.07. The Morgan fingerprint density at radius 1 is 1.07 bits per heavy atom. The van der Waals surface area contributed by atoms with Crippen molar-refractivity contribution in [3.8, 4) is 5.75 Å². The zero-order chi connectivity index (χ0) is 21.1. The predicted molar refractivity (Wildman–Crippen MR) is 115 cm³/mol. The molecule has 6 nitrogen and oxygen atoms in total. The Labute approximate surface area is 174 Å². The highest BCUT2D eigenvalue weighted by Gasteiger charge is 2.34. The molecule has 0 saturated carbocycles. The second-order valence-electron chi connectivity index (χ2n) is 7.24. The van der Waals surface area contributed by atoms with E-state index >= 15 is 0 Å². The van der Waals surface area contributed by atoms with Gasteiger partial charge in [-0.1, -0.05) is 18.2 Å². The Hall–Kier alpha value is -3.93. The molecule has 2 heterocycles. The van der Waals surface area contributed by atoms with Crippen LogP contribution in [0.2, 0.25) is 0 Å². The largest absolute Gasteiger partial charge is 0.508 e. The summed E-state index contributed by atoms with van der Waals surface area (Å²) < 4.78 is 0. The van der Waals surface area contributed by atoms with Gasteiger partial charge in [0.25, 0.3) is 5.91 Å². The van der Waals surface area contributed by atoms with Crippen LogP contribution in [0, 0.1) is 0 Å². The molecule has 1 fully saturated rings. The van der Waals surface area contributed by atoms with Crippen molar-refractivity contribution >= 4 is 23.5 Å². The van der Waals surface area contributed by atoms with Gasteiger partial charge >= 0.3 is 0 Å². The molecule has 3 aromatic rings. The number of likely N-dealkylation sites (tertiary alicyclic amines) is 1. The number of rotatable bonds is 3. The fraction of sp³-hybridized carbons (Fsp3) is 0.125. The summed E-state index contributed by atoms with van der Waals surface area (Å²) in [6, 6.07) is 18.7. The van der Waals surface area contributed by atoms with E-state index in [0.717, 1.165) is 5.56 Å². The van der Waals surface area contributed by atoms with Gasteiger partial charge in [0.15, 0.2) is 5.78 Å². The van der Waals surface area contributed by atoms with Gasteiger partial charge in [0.1, 0.15) is 5.75 Å². The molecule has 0 radical (unpaired) electrons. The number of nitrogens with two attached hydrogens (primary N) is 1. The van der Waals surface area contributed by atoms with E-state index in [1.807, 2.05) is 12.1 Å². The van der Waals surface area contributed by atoms with Crippen LogP contribution < -0.4 is 5.73 Å². The number of nitrogen functional groups attached to an aromatic ring is 1. The number of anilines is 1. The number of pyridine rings is 1. The number of carbonyl (C=O) groups excluding carboxylic acids is 2. The lowest BCUT2D eigenvalue weighted by Gasteiger charge is -2.34. The van der Waals surface area contributed by atoms with E-state index in [1.54, 1.807) is 71.8 Å². The summed E-state index contributed by atoms with van der Waals surface area (Å²) in [7, 11) is 0. The van der Waals surface area contributed by atoms with Crippen molar-refractivity contribution in [2.24, 2.45) is 0 Å². The van der Waals surface area contributed by atoms with Crippen molar-refractivity contribution in [2.75, 3.05) is 18.8 Å². The number of hydrogen-bond acceptors (Lipinski definition) is 5. The first-order chi connectivity index (χ1) is 14.5. The fourth-order valence-electron chi connectivity index (χ4n) is 3.56. The van der Waals surface area contributed by atoms with Crippen LogP contribution in [0.25, 0.3) is 6.08 Å². The molecular weight excluding hydrogens is 378 g/mol. The molecule has 1 aliphatic rings. The molecule has 1 aromatic heterocycles. The molecule has 1 aliphatic heterocycles. The smallest absolute Gasteiger partial charge is 0.254 e. The second kappa shape index (κ2) is 8.21. The predicted octanol–water partition coefficient (Wildman–Crippen LogP) is 3.26. The Kier molecular flexibility index (Phi) is 5.30. The Bertz CT molecular complexity index is 1090. The molecule has 0 spiro atoms. The molecule has 1 amide bonds. The minimum atomic E-state index is -0.521. The van der Waals surface area contributed by atoms with Gasteiger partial charge < -0.3 is 15.7 Å². The van der Waals surface area contributed by atoms with Gasteiger partial charge in [-0.15, -0.1) is 0 Å². The van der Waals surface area contributed by atoms with E-state index in [0.29, 0.717) is 22.5 Å². The number of piperidine rings is 1. The molecule has 4 rings (SSSR count). The number of phenolic OH excluding ortho intramolecular Hbond substituents is 1. The fourth-order valence-corrected chi connectivity index (χ4v) is 3.56. The van der Waals surface area contributed by atoms with Crippen LogP contribution in [0.4, 0.5) is 5.69 Å². The molecule has 0 aliphatic carbocycles. The summed E-state index contributed by atoms with van der Waals surface area (Å²) >= 11 is 0. The molecule has 30 heavy (non-hydrogen) atoms. The first-order valence-corrected chi connectivity index (χ1v) is 9.61. The number of hydrogen-bond donors (Lipinski definition) is 2. The Morgan fingerprint density at radius 3 is 2.47 bits per heavy atom. The zero-order valence-electron chi connectivity index (χ0n) is 16.2. The average Bonchev–Trinajstić information content (AvgIpc) is 2.77. The third kappa shape index (κ3) is 4.07. The van der Waals surface area contributed by atoms with Gasteiger partial charge in [-0.05, 0) is 60.2 Å². The van der Waals surface area contributed by atoms with Crippen molar-refractivity contribution in [2.45, 2.75) is 5.92 Å². The average molecular weight is 399 g/mol. The zero-order valence-corrected chi connectivity index (χ0v) is 16.2. The number of ketones is 1. The number of amides is 1. The lowest BCUT2D eigenvalue weighted by Crippen LogP contribution is -2.44. The Morgan fingerprint density at radius 2 is 1.80 bits per heavy atom. The van der Waals surface area contributed by atoms with Gasteiger partial charge in [0.2, 0.25) is 0 Å². The van der Waals surface area contributed by atoms with E-state index in [1.165, 1.54) is 0 Å². The Balaban J connectivity index is 1.71. The maximum absolute atomic E-state index is 13.3. The van der Waals surface area contributed by atoms with E-state index in [-0.39, 0.29) is 30.5 Å². The highest BCUT2D eigenvalue weighted by Crippen LogP contribution is 2.30. The minimum absolute atomic E-state index is 0.0484. The maximum atomic E-state index is 13.3. The number of aromatic nitrogens is 1. The van der Waals surface area contributed by atoms with Crippen LogP contribution in [-0.2, 0) is 4.79 Å². The molecule has 0 bridgehead atoms. The quantitative estimate of drug-likeness (QED) is 0.521. The molecule has 1 saturated heterocycles. The van der Waals surface area contributed by atoms with Crippen LogP contribution in [0.5, 0.6) is 5.75 Å². The van der Waals surface area contributed by atoms with Crippen LogP contribution >= 0.6 is 0 Å². The summed E-state index contributed by atoms with van der Waals surface area (Å²) in [5.74, 6) is -0.612. The monoisotopic (exact) mass is 399 g/mol. The number of carbonyl (C=O) groups is 2. The number of nitrogens with zero attached hydrogens (tertiary/aromatic N) is 2. The number of Topliss-reactive ketones (excluding diaryl/α,β-unsaturated/α-hetero) is 1. The molecule has 2 aromatic carbocycles. The van der Waals surface area contributed by atoms with E-state index in [2.05, 4.69) is 4.98 Å². The molecule has 1 atom stereocenters. The van der Waals surface area contributed by atoms with E-state index in [4.69, 9.17) is 5.73 Å². The maximum Gasteiger partial charge on any atom is 0.254 e. The summed E-state index contributed by atoms with van der Waals surface area (Å²) in [6.07, 6.45) is 3.40. The van der Waals surface area contributed by atoms with E-state index in [9.17, 15) is 14.7 Å². The second-order valence-corrected chi connectivity index (χ2v) is 7.24. The van der Waals surface area contributed by atoms with E-state index < -0.39 is 5.92 Å². The first kappa shape index (κ1) is 19.4. The topological polar surface area (TPSA) is 96.5 Å². The molecule has 150 valence electrons. The van der Waals surface area contributed by atoms with Crippen LogP contribution in [0.15, 0.2) is 78.5 Å². The standard InChI is InChI=1S/C24H21N3O3/c25-19-8-4-17(5-9-19)24(30)27-14-18(13-20-3-1-2-12-26-20)23(29)22(15-27)16-6-10-21(28)11-7-16/h1-13,22,28H,14-15,25H2/b18-13-. The van der Waals surface area contributed by atoms with Crippen molar-refractivity contribution < 1.29 is 14.7 Å². The van der Waals surface area contributed by atoms with Gasteiger partial charge in [-0.2, -0.15) is 0 Å². The van der Waals surface area contributed by atoms with Crippen molar-refractivity contribution in [1.82, 2.24) is 9.88 Å². The van der Waals surface area contributed by atoms with Crippen LogP contribution in [0.1, 0.15) is 27.5 Å². The first-order valence-electron chi connectivity index (χ1n) is 9.61. The molecule has 3 N–H and O–H groups in total. The number of phenols is 1. The number of aromatic hydroxyl groups is 1. The van der Waals surface area contributed by atoms with Gasteiger partial charge in [0.05, 0.1) is 11.6 Å². The summed E-state index contributed by atoms with van der Waals surface area (Å²) in [4.78, 5) is 32.3. The summed E-state index contributed by atoms with van der Waals surface area (Å²) in [5.41, 5.74) is 8.76. The SMILES string of the molecule is Nc1ccc(C(=O)N2C/C(=C/c3ccccn3)C(=O)C(c3ccc(O)cc3)C2)cc1. The van der Waals surface area contributed by atoms with Crippen LogP contribution in [-0.4, -0.2) is 39.8 Å². The minimum Gasteiger partial charge on any atom is -0.508 e. The normalized spacial score (nSPS) is 17.9. The van der Waals surface area contributed by atoms with Crippen molar-refractivity contribution in [1.29, 1.82) is 0 Å². The lowest BCUT2D eigenvalue weighted by atomic mass is 9.85. The summed E-state index contributed by atoms with van der Waals surface area (Å²) in [6.45, 7) is 0.458. The number of benzene rings is 2. The van der Waals surface area contributed by atoms with Gasteiger partial charge in [-0.25, -0.2) is 0 Å². The molecule has 6 heteroatoms. The lowest BCUT2D eigenvalue weighted by molar-refractivity contribution is -0.118. The third-order valence-electron chi connectivity index (χ3n) is 5.15. The third-order valence-corrected chi connectivity index (χ3v) is 5.15. The molecule has 1 unspecified atom stereocenters. The van der Waals surface area contributed by atoms with Crippen molar-refractivity contribution in [3.63, 3.8) is 0 Å². The summed E-state index contributed by atoms with van der Waals surface area (Å²) in [5, 5.41) is 9.60. The van der Waals surface area contributed by atoms with Crippen LogP contribution in [0.3, 0.4) is 0 Å². The van der Waals surface area contributed by atoms with Crippen molar-refractivity contribution in [3.05, 3.63) is 95.3 Å². The van der Waals surface area contributed by atoms with Gasteiger partial charge in [0, 0.05) is 36.1 Å². The van der Waals surface area contributed by atoms with Gasteiger partial charge in [-0.3, -0.25) is 14.6 Å².